The number of hydrogen-bond donors (Lipinski definition) is 1. The molecule has 0 aliphatic rings. The van der Waals surface area contributed by atoms with Gasteiger partial charge >= 0.3 is 5.97 Å². The van der Waals surface area contributed by atoms with Crippen molar-refractivity contribution in [1.82, 2.24) is 5.32 Å². The number of thioether (sulfide) groups is 1. The molecule has 0 heterocycles. The van der Waals surface area contributed by atoms with E-state index in [1.54, 1.807) is 18.9 Å². The van der Waals surface area contributed by atoms with Crippen molar-refractivity contribution in [3.63, 3.8) is 0 Å². The molecule has 0 unspecified atom stereocenters. The van der Waals surface area contributed by atoms with E-state index in [4.69, 9.17) is 9.47 Å². The molecule has 1 N–H and O–H groups in total. The summed E-state index contributed by atoms with van der Waals surface area (Å²) in [5, 5.41) is 3.31. The SMILES string of the molecule is COCCNCc1ccc(SCC(C)(C)C(=O)OC)cc1. The fraction of sp³-hybridized carbons (Fsp3) is 0.562. The second-order valence-electron chi connectivity index (χ2n) is 5.48. The van der Waals surface area contributed by atoms with E-state index >= 15 is 0 Å². The van der Waals surface area contributed by atoms with Crippen molar-refractivity contribution in [2.45, 2.75) is 25.3 Å². The minimum Gasteiger partial charge on any atom is -0.469 e. The van der Waals surface area contributed by atoms with Gasteiger partial charge in [-0.3, -0.25) is 4.79 Å². The summed E-state index contributed by atoms with van der Waals surface area (Å²) in [5.74, 6) is 0.527. The molecule has 0 saturated heterocycles. The molecule has 0 aliphatic carbocycles. The van der Waals surface area contributed by atoms with Crippen LogP contribution in [0.2, 0.25) is 0 Å². The van der Waals surface area contributed by atoms with Gasteiger partial charge in [-0.05, 0) is 31.5 Å². The number of methoxy groups -OCH3 is 2. The van der Waals surface area contributed by atoms with Crippen LogP contribution in [-0.2, 0) is 20.8 Å². The molecule has 0 fully saturated rings. The summed E-state index contributed by atoms with van der Waals surface area (Å²) >= 11 is 1.67. The van der Waals surface area contributed by atoms with Crippen LogP contribution in [0.5, 0.6) is 0 Å². The molecule has 0 saturated carbocycles. The fourth-order valence-electron chi connectivity index (χ4n) is 1.71. The largest absolute Gasteiger partial charge is 0.469 e. The Bertz CT molecular complexity index is 432. The van der Waals surface area contributed by atoms with Crippen molar-refractivity contribution < 1.29 is 14.3 Å². The summed E-state index contributed by atoms with van der Waals surface area (Å²) in [6, 6.07) is 8.39. The summed E-state index contributed by atoms with van der Waals surface area (Å²) < 4.78 is 9.80. The average molecular weight is 311 g/mol. The first kappa shape index (κ1) is 18.0. The van der Waals surface area contributed by atoms with Crippen LogP contribution in [0, 0.1) is 5.41 Å². The fourth-order valence-corrected chi connectivity index (χ4v) is 2.68. The maximum absolute atomic E-state index is 11.6. The zero-order valence-electron chi connectivity index (χ0n) is 13.3. The van der Waals surface area contributed by atoms with E-state index in [9.17, 15) is 4.79 Å². The highest BCUT2D eigenvalue weighted by atomic mass is 32.2. The van der Waals surface area contributed by atoms with E-state index in [2.05, 4.69) is 29.6 Å². The van der Waals surface area contributed by atoms with Crippen LogP contribution in [0.15, 0.2) is 29.2 Å². The number of nitrogens with one attached hydrogen (secondary N) is 1. The van der Waals surface area contributed by atoms with Gasteiger partial charge in [0.15, 0.2) is 0 Å². The standard InChI is InChI=1S/C16H25NO3S/c1-16(2,15(18)20-4)12-21-14-7-5-13(6-8-14)11-17-9-10-19-3/h5-8,17H,9-12H2,1-4H3. The van der Waals surface area contributed by atoms with E-state index in [1.165, 1.54) is 12.7 Å². The van der Waals surface area contributed by atoms with Gasteiger partial charge < -0.3 is 14.8 Å². The summed E-state index contributed by atoms with van der Waals surface area (Å²) in [6.07, 6.45) is 0. The van der Waals surface area contributed by atoms with E-state index in [0.717, 1.165) is 24.6 Å². The highest BCUT2D eigenvalue weighted by Crippen LogP contribution is 2.28. The lowest BCUT2D eigenvalue weighted by molar-refractivity contribution is -0.149. The molecule has 1 aromatic rings. The predicted molar refractivity (Wildman–Crippen MR) is 86.5 cm³/mol. The molecule has 0 aromatic heterocycles. The number of hydrogen-bond acceptors (Lipinski definition) is 5. The third-order valence-corrected chi connectivity index (χ3v) is 4.54. The molecule has 4 nitrogen and oxygen atoms in total. The van der Waals surface area contributed by atoms with Crippen LogP contribution in [0.3, 0.4) is 0 Å². The predicted octanol–water partition coefficient (Wildman–Crippen LogP) is 2.71. The lowest BCUT2D eigenvalue weighted by atomic mass is 9.97. The zero-order chi connectivity index (χ0) is 15.7. The van der Waals surface area contributed by atoms with Crippen LogP contribution in [0.4, 0.5) is 0 Å². The van der Waals surface area contributed by atoms with Gasteiger partial charge in [0.05, 0.1) is 19.1 Å². The molecule has 118 valence electrons. The van der Waals surface area contributed by atoms with Crippen molar-refractivity contribution in [2.24, 2.45) is 5.41 Å². The van der Waals surface area contributed by atoms with Gasteiger partial charge in [0.2, 0.25) is 0 Å². The van der Waals surface area contributed by atoms with Crippen LogP contribution in [0.1, 0.15) is 19.4 Å². The highest BCUT2D eigenvalue weighted by Gasteiger charge is 2.28. The van der Waals surface area contributed by atoms with Gasteiger partial charge in [-0.1, -0.05) is 12.1 Å². The number of ether oxygens (including phenoxy) is 2. The number of esters is 1. The quantitative estimate of drug-likeness (QED) is 0.432. The molecule has 21 heavy (non-hydrogen) atoms. The molecular weight excluding hydrogens is 286 g/mol. The number of rotatable bonds is 9. The molecule has 0 atom stereocenters. The Hall–Kier alpha value is -1.04. The Kier molecular flexibility index (Phi) is 7.78. The van der Waals surface area contributed by atoms with Crippen molar-refractivity contribution in [2.75, 3.05) is 33.1 Å². The van der Waals surface area contributed by atoms with E-state index in [0.29, 0.717) is 5.75 Å². The monoisotopic (exact) mass is 311 g/mol. The van der Waals surface area contributed by atoms with Gasteiger partial charge in [0.1, 0.15) is 0 Å². The first-order valence-corrected chi connectivity index (χ1v) is 7.98. The second kappa shape index (κ2) is 9.07. The second-order valence-corrected chi connectivity index (χ2v) is 6.53. The normalized spacial score (nSPS) is 11.4. The lowest BCUT2D eigenvalue weighted by Gasteiger charge is -2.20. The number of carbonyl (C=O) groups is 1. The average Bonchev–Trinajstić information content (AvgIpc) is 2.50. The number of carbonyl (C=O) groups excluding carboxylic acids is 1. The van der Waals surface area contributed by atoms with Crippen molar-refractivity contribution in [3.8, 4) is 0 Å². The van der Waals surface area contributed by atoms with Crippen LogP contribution in [0.25, 0.3) is 0 Å². The molecule has 0 spiro atoms. The Morgan fingerprint density at radius 3 is 2.48 bits per heavy atom. The molecule has 0 amide bonds. The van der Waals surface area contributed by atoms with E-state index in [-0.39, 0.29) is 5.97 Å². The topological polar surface area (TPSA) is 47.6 Å². The van der Waals surface area contributed by atoms with Crippen molar-refractivity contribution in [1.29, 1.82) is 0 Å². The van der Waals surface area contributed by atoms with Gasteiger partial charge in [-0.25, -0.2) is 0 Å². The van der Waals surface area contributed by atoms with Crippen molar-refractivity contribution in [3.05, 3.63) is 29.8 Å². The lowest BCUT2D eigenvalue weighted by Crippen LogP contribution is -2.28. The van der Waals surface area contributed by atoms with Crippen LogP contribution >= 0.6 is 11.8 Å². The summed E-state index contributed by atoms with van der Waals surface area (Å²) in [4.78, 5) is 12.8. The maximum atomic E-state index is 11.6. The van der Waals surface area contributed by atoms with Gasteiger partial charge in [0.25, 0.3) is 0 Å². The molecule has 0 aliphatic heterocycles. The Balaban J connectivity index is 2.42. The Labute approximate surface area is 131 Å². The third-order valence-electron chi connectivity index (χ3n) is 3.07. The minimum atomic E-state index is -0.472. The van der Waals surface area contributed by atoms with Crippen LogP contribution in [-0.4, -0.2) is 39.1 Å². The van der Waals surface area contributed by atoms with Gasteiger partial charge in [-0.2, -0.15) is 0 Å². The zero-order valence-corrected chi connectivity index (χ0v) is 14.1. The van der Waals surface area contributed by atoms with Crippen molar-refractivity contribution >= 4 is 17.7 Å². The Morgan fingerprint density at radius 2 is 1.90 bits per heavy atom. The van der Waals surface area contributed by atoms with E-state index < -0.39 is 5.41 Å². The summed E-state index contributed by atoms with van der Waals surface area (Å²) in [7, 11) is 3.13. The van der Waals surface area contributed by atoms with Gasteiger partial charge in [-0.15, -0.1) is 11.8 Å². The molecule has 5 heteroatoms. The molecule has 0 radical (unpaired) electrons. The molecule has 1 rings (SSSR count). The Morgan fingerprint density at radius 1 is 1.24 bits per heavy atom. The smallest absolute Gasteiger partial charge is 0.312 e. The number of benzene rings is 1. The molecule has 0 bridgehead atoms. The van der Waals surface area contributed by atoms with E-state index in [1.807, 2.05) is 13.8 Å². The first-order valence-electron chi connectivity index (χ1n) is 6.99. The first-order chi connectivity index (χ1) is 9.99. The van der Waals surface area contributed by atoms with Gasteiger partial charge in [0, 0.05) is 30.8 Å². The van der Waals surface area contributed by atoms with Crippen LogP contribution < -0.4 is 5.32 Å². The highest BCUT2D eigenvalue weighted by molar-refractivity contribution is 7.99. The maximum Gasteiger partial charge on any atom is 0.312 e. The summed E-state index contributed by atoms with van der Waals surface area (Å²) in [5.41, 5.74) is 0.766. The molecular formula is C16H25NO3S. The minimum absolute atomic E-state index is 0.172. The third kappa shape index (κ3) is 6.50. The summed E-state index contributed by atoms with van der Waals surface area (Å²) in [6.45, 7) is 6.21. The molecule has 1 aromatic carbocycles.